The van der Waals surface area contributed by atoms with E-state index in [1.807, 2.05) is 6.92 Å². The molecule has 0 saturated heterocycles. The van der Waals surface area contributed by atoms with Crippen LogP contribution >= 0.6 is 0 Å². The van der Waals surface area contributed by atoms with E-state index in [-0.39, 0.29) is 17.2 Å². The van der Waals surface area contributed by atoms with Crippen molar-refractivity contribution in [1.82, 2.24) is 4.72 Å². The third-order valence-corrected chi connectivity index (χ3v) is 5.37. The van der Waals surface area contributed by atoms with Gasteiger partial charge in [0.25, 0.3) is 0 Å². The number of anilines is 1. The number of nitrogens with one attached hydrogen (secondary N) is 2. The van der Waals surface area contributed by atoms with Crippen LogP contribution in [0.3, 0.4) is 0 Å². The van der Waals surface area contributed by atoms with Gasteiger partial charge in [-0.05, 0) is 55.2 Å². The van der Waals surface area contributed by atoms with Gasteiger partial charge in [0.1, 0.15) is 5.82 Å². The van der Waals surface area contributed by atoms with E-state index < -0.39 is 15.8 Å². The fourth-order valence-electron chi connectivity index (χ4n) is 2.35. The van der Waals surface area contributed by atoms with Crippen LogP contribution in [0, 0.1) is 12.7 Å². The third kappa shape index (κ3) is 5.64. The molecule has 5 nitrogen and oxygen atoms in total. The number of halogens is 1. The van der Waals surface area contributed by atoms with Gasteiger partial charge in [0, 0.05) is 18.7 Å². The first-order valence-corrected chi connectivity index (χ1v) is 9.95. The van der Waals surface area contributed by atoms with Crippen LogP contribution in [-0.2, 0) is 21.2 Å². The Labute approximate surface area is 153 Å². The summed E-state index contributed by atoms with van der Waals surface area (Å²) in [5, 5.41) is 2.70. The van der Waals surface area contributed by atoms with Crippen LogP contribution in [0.25, 0.3) is 0 Å². The van der Waals surface area contributed by atoms with Gasteiger partial charge < -0.3 is 5.32 Å². The zero-order valence-electron chi connectivity index (χ0n) is 14.9. The van der Waals surface area contributed by atoms with Gasteiger partial charge in [0.05, 0.1) is 4.90 Å². The molecule has 0 aliphatic rings. The Balaban J connectivity index is 1.93. The van der Waals surface area contributed by atoms with Crippen molar-refractivity contribution < 1.29 is 17.6 Å². The van der Waals surface area contributed by atoms with Crippen molar-refractivity contribution in [2.24, 2.45) is 0 Å². The van der Waals surface area contributed by atoms with Gasteiger partial charge in [-0.3, -0.25) is 4.79 Å². The van der Waals surface area contributed by atoms with Crippen molar-refractivity contribution in [3.63, 3.8) is 0 Å². The lowest BCUT2D eigenvalue weighted by atomic mass is 10.1. The average molecular weight is 378 g/mol. The number of hydrogen-bond donors (Lipinski definition) is 2. The zero-order valence-corrected chi connectivity index (χ0v) is 15.7. The molecule has 26 heavy (non-hydrogen) atoms. The summed E-state index contributed by atoms with van der Waals surface area (Å²) in [4.78, 5) is 12.3. The van der Waals surface area contributed by atoms with E-state index in [0.29, 0.717) is 18.7 Å². The summed E-state index contributed by atoms with van der Waals surface area (Å²) in [5.41, 5.74) is 2.10. The number of sulfonamides is 1. The highest BCUT2D eigenvalue weighted by atomic mass is 32.2. The summed E-state index contributed by atoms with van der Waals surface area (Å²) < 4.78 is 39.8. The van der Waals surface area contributed by atoms with Gasteiger partial charge in [-0.1, -0.05) is 25.1 Å². The van der Waals surface area contributed by atoms with Gasteiger partial charge in [-0.15, -0.1) is 0 Å². The topological polar surface area (TPSA) is 75.3 Å². The number of hydrogen-bond acceptors (Lipinski definition) is 3. The quantitative estimate of drug-likeness (QED) is 0.739. The molecule has 140 valence electrons. The van der Waals surface area contributed by atoms with Crippen molar-refractivity contribution >= 4 is 21.6 Å². The average Bonchev–Trinajstić information content (AvgIpc) is 2.62. The molecule has 2 rings (SSSR count). The number of benzene rings is 2. The molecule has 0 saturated carbocycles. The van der Waals surface area contributed by atoms with Gasteiger partial charge in [-0.2, -0.15) is 0 Å². The second kappa shape index (κ2) is 8.91. The molecule has 1 amide bonds. The molecule has 0 aliphatic heterocycles. The van der Waals surface area contributed by atoms with Crippen molar-refractivity contribution in [2.45, 2.75) is 38.0 Å². The first-order chi connectivity index (χ1) is 12.3. The molecule has 0 spiro atoms. The smallest absolute Gasteiger partial charge is 0.240 e. The zero-order chi connectivity index (χ0) is 19.2. The maximum Gasteiger partial charge on any atom is 0.240 e. The lowest BCUT2D eigenvalue weighted by Crippen LogP contribution is -2.24. The second-order valence-electron chi connectivity index (χ2n) is 6.05. The van der Waals surface area contributed by atoms with Gasteiger partial charge in [0.15, 0.2) is 0 Å². The minimum absolute atomic E-state index is 0.203. The minimum Gasteiger partial charge on any atom is -0.326 e. The summed E-state index contributed by atoms with van der Waals surface area (Å²) in [5.74, 6) is -0.626. The van der Waals surface area contributed by atoms with Crippen LogP contribution in [0.2, 0.25) is 0 Å². The fourth-order valence-corrected chi connectivity index (χ4v) is 3.49. The summed E-state index contributed by atoms with van der Waals surface area (Å²) >= 11 is 0. The summed E-state index contributed by atoms with van der Waals surface area (Å²) in [7, 11) is -3.48. The number of carbonyl (C=O) groups excluding carboxylic acids is 1. The standard InChI is InChI=1S/C19H23FN2O3S/c1-3-12-21-26(24,25)17-9-5-15(6-10-17)7-11-19(23)22-18-13-16(20)8-4-14(18)2/h4-6,8-10,13,21H,3,7,11-12H2,1-2H3,(H,22,23). The fraction of sp³-hybridized carbons (Fsp3) is 0.316. The highest BCUT2D eigenvalue weighted by Gasteiger charge is 2.13. The van der Waals surface area contributed by atoms with E-state index in [1.54, 1.807) is 25.1 Å². The first kappa shape index (κ1) is 20.1. The third-order valence-electron chi connectivity index (χ3n) is 3.89. The van der Waals surface area contributed by atoms with Crippen LogP contribution in [0.5, 0.6) is 0 Å². The molecule has 2 aromatic carbocycles. The molecule has 0 bridgehead atoms. The molecule has 0 aliphatic carbocycles. The Kier molecular flexibility index (Phi) is 6.88. The Bertz CT molecular complexity index is 865. The minimum atomic E-state index is -3.48. The first-order valence-electron chi connectivity index (χ1n) is 8.46. The van der Waals surface area contributed by atoms with E-state index in [0.717, 1.165) is 17.5 Å². The molecular weight excluding hydrogens is 355 g/mol. The van der Waals surface area contributed by atoms with Crippen LogP contribution in [-0.4, -0.2) is 20.9 Å². The molecule has 0 atom stereocenters. The predicted octanol–water partition coefficient (Wildman–Crippen LogP) is 3.39. The van der Waals surface area contributed by atoms with Crippen LogP contribution in [0.1, 0.15) is 30.9 Å². The lowest BCUT2D eigenvalue weighted by molar-refractivity contribution is -0.116. The molecule has 0 unspecified atom stereocenters. The Morgan fingerprint density at radius 3 is 2.46 bits per heavy atom. The summed E-state index contributed by atoms with van der Waals surface area (Å²) in [6.45, 7) is 4.08. The monoisotopic (exact) mass is 378 g/mol. The lowest BCUT2D eigenvalue weighted by Gasteiger charge is -2.09. The Morgan fingerprint density at radius 2 is 1.81 bits per heavy atom. The van der Waals surface area contributed by atoms with E-state index in [2.05, 4.69) is 10.0 Å². The summed E-state index contributed by atoms with van der Waals surface area (Å²) in [6.07, 6.45) is 1.40. The van der Waals surface area contributed by atoms with E-state index >= 15 is 0 Å². The largest absolute Gasteiger partial charge is 0.326 e. The Hall–Kier alpha value is -2.25. The second-order valence-corrected chi connectivity index (χ2v) is 7.82. The molecule has 2 N–H and O–H groups in total. The summed E-state index contributed by atoms with van der Waals surface area (Å²) in [6, 6.07) is 10.7. The molecule has 7 heteroatoms. The van der Waals surface area contributed by atoms with E-state index in [1.165, 1.54) is 24.3 Å². The van der Waals surface area contributed by atoms with Crippen molar-refractivity contribution in [2.75, 3.05) is 11.9 Å². The van der Waals surface area contributed by atoms with Crippen molar-refractivity contribution in [1.29, 1.82) is 0 Å². The van der Waals surface area contributed by atoms with Crippen LogP contribution in [0.15, 0.2) is 47.4 Å². The van der Waals surface area contributed by atoms with Crippen molar-refractivity contribution in [3.05, 3.63) is 59.4 Å². The maximum atomic E-state index is 13.3. The number of amides is 1. The molecular formula is C19H23FN2O3S. The highest BCUT2D eigenvalue weighted by molar-refractivity contribution is 7.89. The van der Waals surface area contributed by atoms with Gasteiger partial charge in [0.2, 0.25) is 15.9 Å². The van der Waals surface area contributed by atoms with E-state index in [9.17, 15) is 17.6 Å². The number of aryl methyl sites for hydroxylation is 2. The van der Waals surface area contributed by atoms with Crippen molar-refractivity contribution in [3.8, 4) is 0 Å². The Morgan fingerprint density at radius 1 is 1.12 bits per heavy atom. The van der Waals surface area contributed by atoms with Crippen LogP contribution < -0.4 is 10.0 Å². The normalized spacial score (nSPS) is 11.3. The molecule has 2 aromatic rings. The molecule has 0 radical (unpaired) electrons. The number of carbonyl (C=O) groups is 1. The molecule has 0 heterocycles. The van der Waals surface area contributed by atoms with Crippen LogP contribution in [0.4, 0.5) is 10.1 Å². The highest BCUT2D eigenvalue weighted by Crippen LogP contribution is 2.17. The van der Waals surface area contributed by atoms with Gasteiger partial charge in [-0.25, -0.2) is 17.5 Å². The predicted molar refractivity (Wildman–Crippen MR) is 100 cm³/mol. The molecule has 0 fully saturated rings. The molecule has 0 aromatic heterocycles. The maximum absolute atomic E-state index is 13.3. The van der Waals surface area contributed by atoms with E-state index in [4.69, 9.17) is 0 Å². The van der Waals surface area contributed by atoms with Gasteiger partial charge >= 0.3 is 0 Å². The SMILES string of the molecule is CCCNS(=O)(=O)c1ccc(CCC(=O)Nc2cc(F)ccc2C)cc1. The number of rotatable bonds is 8.